The van der Waals surface area contributed by atoms with Gasteiger partial charge in [-0.15, -0.1) is 0 Å². The van der Waals surface area contributed by atoms with Crippen molar-refractivity contribution in [3.63, 3.8) is 0 Å². The molecule has 0 bridgehead atoms. The zero-order chi connectivity index (χ0) is 6.36. The second-order valence-corrected chi connectivity index (χ2v) is 2.77. The molecule has 0 heterocycles. The van der Waals surface area contributed by atoms with E-state index in [9.17, 15) is 5.11 Å². The van der Waals surface area contributed by atoms with Gasteiger partial charge in [0.1, 0.15) is 0 Å². The molecule has 8 heavy (non-hydrogen) atoms. The Bertz CT molecular complexity index is 101. The fourth-order valence-electron chi connectivity index (χ4n) is 1.01. The van der Waals surface area contributed by atoms with Gasteiger partial charge in [0, 0.05) is 0 Å². The molecule has 3 atom stereocenters. The zero-order valence-electron chi connectivity index (χ0n) is 5.26. The smallest absolute Gasteiger partial charge is 0.0932 e. The number of hydrogen-bond donors (Lipinski definition) is 2. The van der Waals surface area contributed by atoms with E-state index in [1.165, 1.54) is 0 Å². The molecule has 0 amide bonds. The van der Waals surface area contributed by atoms with E-state index >= 15 is 0 Å². The monoisotopic (exact) mass is 116 g/mol. The van der Waals surface area contributed by atoms with Crippen LogP contribution in [0.25, 0.3) is 0 Å². The molecule has 0 saturated heterocycles. The van der Waals surface area contributed by atoms with Gasteiger partial charge >= 0.3 is 0 Å². The highest BCUT2D eigenvalue weighted by molar-refractivity contribution is 5.04. The van der Waals surface area contributed by atoms with Crippen molar-refractivity contribution in [3.8, 4) is 0 Å². The van der Waals surface area contributed by atoms with E-state index in [2.05, 4.69) is 0 Å². The van der Waals surface area contributed by atoms with Crippen molar-refractivity contribution in [2.75, 3.05) is 0 Å². The van der Waals surface area contributed by atoms with Crippen LogP contribution in [0.15, 0.2) is 0 Å². The minimum Gasteiger partial charge on any atom is -0.390 e. The largest absolute Gasteiger partial charge is 0.390 e. The van der Waals surface area contributed by atoms with Crippen LogP contribution in [0.4, 0.5) is 0 Å². The summed E-state index contributed by atoms with van der Waals surface area (Å²) in [5.41, 5.74) is -0.736. The first kappa shape index (κ1) is 6.05. The Hall–Kier alpha value is -0.0800. The average Bonchev–Trinajstić information content (AvgIpc) is 2.17. The van der Waals surface area contributed by atoms with Crippen molar-refractivity contribution in [1.82, 2.24) is 0 Å². The molecule has 0 aromatic rings. The summed E-state index contributed by atoms with van der Waals surface area (Å²) in [7, 11) is 0. The van der Waals surface area contributed by atoms with Gasteiger partial charge in [0.2, 0.25) is 0 Å². The third kappa shape index (κ3) is 0.644. The van der Waals surface area contributed by atoms with Crippen LogP contribution in [0.5, 0.6) is 0 Å². The lowest BCUT2D eigenvalue weighted by atomic mass is 10.2. The van der Waals surface area contributed by atoms with Gasteiger partial charge in [0.25, 0.3) is 0 Å². The number of rotatable bonds is 1. The molecule has 1 aliphatic rings. The minimum atomic E-state index is -0.736. The number of hydrogen-bond acceptors (Lipinski definition) is 2. The molecule has 2 heteroatoms. The highest BCUT2D eigenvalue weighted by atomic mass is 16.3. The third-order valence-electron chi connectivity index (χ3n) is 2.05. The highest BCUT2D eigenvalue weighted by Crippen LogP contribution is 2.45. The molecule has 0 radical (unpaired) electrons. The van der Waals surface area contributed by atoms with E-state index < -0.39 is 11.7 Å². The molecule has 1 aliphatic carbocycles. The molecular formula is C6H12O2. The summed E-state index contributed by atoms with van der Waals surface area (Å²) in [5, 5.41) is 18.1. The van der Waals surface area contributed by atoms with Crippen molar-refractivity contribution in [2.45, 2.75) is 32.0 Å². The second-order valence-electron chi connectivity index (χ2n) is 2.77. The van der Waals surface area contributed by atoms with Crippen LogP contribution < -0.4 is 0 Å². The van der Waals surface area contributed by atoms with Gasteiger partial charge in [-0.25, -0.2) is 0 Å². The van der Waals surface area contributed by atoms with E-state index in [1.54, 1.807) is 6.92 Å². The molecule has 2 N–H and O–H groups in total. The Morgan fingerprint density at radius 2 is 2.12 bits per heavy atom. The Morgan fingerprint density at radius 3 is 2.12 bits per heavy atom. The molecule has 3 unspecified atom stereocenters. The Morgan fingerprint density at radius 1 is 1.75 bits per heavy atom. The van der Waals surface area contributed by atoms with Gasteiger partial charge in [-0.3, -0.25) is 0 Å². The van der Waals surface area contributed by atoms with Crippen molar-refractivity contribution in [1.29, 1.82) is 0 Å². The Kier molecular flexibility index (Phi) is 1.10. The topological polar surface area (TPSA) is 40.5 Å². The molecular weight excluding hydrogens is 104 g/mol. The van der Waals surface area contributed by atoms with Gasteiger partial charge in [-0.2, -0.15) is 0 Å². The summed E-state index contributed by atoms with van der Waals surface area (Å²) in [5.74, 6) is 0.294. The first-order chi connectivity index (χ1) is 3.57. The standard InChI is InChI=1S/C6H12O2/c1-4-3-6(4,8)5(2)7/h4-5,7-8H,3H2,1-2H3. The predicted octanol–water partition coefficient (Wildman–Crippen LogP) is 0.138. The first-order valence-electron chi connectivity index (χ1n) is 2.98. The van der Waals surface area contributed by atoms with Crippen LogP contribution in [0.2, 0.25) is 0 Å². The molecule has 0 aliphatic heterocycles. The second kappa shape index (κ2) is 1.45. The molecule has 0 aromatic carbocycles. The van der Waals surface area contributed by atoms with E-state index in [-0.39, 0.29) is 0 Å². The zero-order valence-corrected chi connectivity index (χ0v) is 5.26. The summed E-state index contributed by atoms with van der Waals surface area (Å²) in [6, 6.07) is 0. The fourth-order valence-corrected chi connectivity index (χ4v) is 1.01. The number of aliphatic hydroxyl groups excluding tert-OH is 1. The molecule has 1 saturated carbocycles. The molecule has 1 rings (SSSR count). The Labute approximate surface area is 49.1 Å². The summed E-state index contributed by atoms with van der Waals surface area (Å²) >= 11 is 0. The predicted molar refractivity (Wildman–Crippen MR) is 30.4 cm³/mol. The maximum atomic E-state index is 9.22. The van der Waals surface area contributed by atoms with E-state index in [4.69, 9.17) is 5.11 Å². The third-order valence-corrected chi connectivity index (χ3v) is 2.05. The molecule has 0 aromatic heterocycles. The van der Waals surface area contributed by atoms with Crippen LogP contribution in [-0.4, -0.2) is 21.9 Å². The van der Waals surface area contributed by atoms with Gasteiger partial charge in [-0.1, -0.05) is 6.92 Å². The van der Waals surface area contributed by atoms with Gasteiger partial charge in [0.05, 0.1) is 11.7 Å². The SMILES string of the molecule is CC(O)C1(O)CC1C. The average molecular weight is 116 g/mol. The van der Waals surface area contributed by atoms with Crippen LogP contribution in [0.3, 0.4) is 0 Å². The summed E-state index contributed by atoms with van der Waals surface area (Å²) in [6.45, 7) is 3.57. The lowest BCUT2D eigenvalue weighted by Gasteiger charge is -2.10. The van der Waals surface area contributed by atoms with Crippen LogP contribution >= 0.6 is 0 Å². The lowest BCUT2D eigenvalue weighted by molar-refractivity contribution is 0.00111. The molecule has 0 spiro atoms. The van der Waals surface area contributed by atoms with Crippen LogP contribution in [0.1, 0.15) is 20.3 Å². The van der Waals surface area contributed by atoms with E-state index in [1.807, 2.05) is 6.92 Å². The number of aliphatic hydroxyl groups is 2. The molecule has 1 fully saturated rings. The van der Waals surface area contributed by atoms with Crippen LogP contribution in [-0.2, 0) is 0 Å². The minimum absolute atomic E-state index is 0.294. The van der Waals surface area contributed by atoms with Crippen molar-refractivity contribution in [2.24, 2.45) is 5.92 Å². The molecule has 48 valence electrons. The fraction of sp³-hybridized carbons (Fsp3) is 1.00. The highest BCUT2D eigenvalue weighted by Gasteiger charge is 2.53. The van der Waals surface area contributed by atoms with E-state index in [0.717, 1.165) is 6.42 Å². The quantitative estimate of drug-likeness (QED) is 0.511. The normalized spacial score (nSPS) is 48.8. The maximum absolute atomic E-state index is 9.22. The van der Waals surface area contributed by atoms with Gasteiger partial charge in [-0.05, 0) is 19.3 Å². The molecule has 2 nitrogen and oxygen atoms in total. The van der Waals surface area contributed by atoms with Gasteiger partial charge in [0.15, 0.2) is 0 Å². The first-order valence-corrected chi connectivity index (χ1v) is 2.98. The summed E-state index contributed by atoms with van der Waals surface area (Å²) < 4.78 is 0. The van der Waals surface area contributed by atoms with Crippen molar-refractivity contribution < 1.29 is 10.2 Å². The Balaban J connectivity index is 2.47. The van der Waals surface area contributed by atoms with Crippen molar-refractivity contribution >= 4 is 0 Å². The van der Waals surface area contributed by atoms with E-state index in [0.29, 0.717) is 5.92 Å². The van der Waals surface area contributed by atoms with Gasteiger partial charge < -0.3 is 10.2 Å². The summed E-state index contributed by atoms with van der Waals surface area (Å²) in [6.07, 6.45) is 0.197. The van der Waals surface area contributed by atoms with Crippen LogP contribution in [0, 0.1) is 5.92 Å². The van der Waals surface area contributed by atoms with Crippen molar-refractivity contribution in [3.05, 3.63) is 0 Å². The summed E-state index contributed by atoms with van der Waals surface area (Å²) in [4.78, 5) is 0. The lowest BCUT2D eigenvalue weighted by Crippen LogP contribution is -2.26. The maximum Gasteiger partial charge on any atom is 0.0932 e.